The van der Waals surface area contributed by atoms with Crippen LogP contribution in [0.5, 0.6) is 0 Å². The number of nitrogens with one attached hydrogen (secondary N) is 1. The van der Waals surface area contributed by atoms with Crippen LogP contribution < -0.4 is 5.32 Å². The SMILES string of the molecule is CC[C@@H](C(=O)NCc1ccccc1)N(Cc1ccccc1)[C@@H]1[C@@H](C(=O)OC)[C@H]2C=C[C@@H]1O2. The lowest BCUT2D eigenvalue weighted by Crippen LogP contribution is -2.56. The minimum absolute atomic E-state index is 0.0531. The van der Waals surface area contributed by atoms with Crippen molar-refractivity contribution >= 4 is 11.9 Å². The van der Waals surface area contributed by atoms with E-state index in [0.717, 1.165) is 11.1 Å². The molecule has 2 heterocycles. The first-order chi connectivity index (χ1) is 15.6. The van der Waals surface area contributed by atoms with Crippen molar-refractivity contribution in [2.75, 3.05) is 7.11 Å². The maximum atomic E-state index is 13.4. The third-order valence-corrected chi connectivity index (χ3v) is 6.33. The topological polar surface area (TPSA) is 67.9 Å². The highest BCUT2D eigenvalue weighted by Gasteiger charge is 2.54. The van der Waals surface area contributed by atoms with E-state index in [0.29, 0.717) is 19.5 Å². The number of amides is 1. The molecule has 2 bridgehead atoms. The van der Waals surface area contributed by atoms with Crippen LogP contribution in [0.1, 0.15) is 24.5 Å². The molecule has 6 nitrogen and oxygen atoms in total. The van der Waals surface area contributed by atoms with Gasteiger partial charge >= 0.3 is 5.97 Å². The average Bonchev–Trinajstić information content (AvgIpc) is 3.45. The zero-order chi connectivity index (χ0) is 22.5. The Balaban J connectivity index is 1.61. The van der Waals surface area contributed by atoms with E-state index in [1.54, 1.807) is 0 Å². The number of benzene rings is 2. The molecule has 0 unspecified atom stereocenters. The Morgan fingerprint density at radius 2 is 1.62 bits per heavy atom. The Morgan fingerprint density at radius 1 is 1.00 bits per heavy atom. The molecule has 1 amide bonds. The lowest BCUT2D eigenvalue weighted by Gasteiger charge is -2.39. The molecule has 168 valence electrons. The highest BCUT2D eigenvalue weighted by molar-refractivity contribution is 5.82. The lowest BCUT2D eigenvalue weighted by atomic mass is 9.86. The lowest BCUT2D eigenvalue weighted by molar-refractivity contribution is -0.149. The summed E-state index contributed by atoms with van der Waals surface area (Å²) in [5.74, 6) is -0.818. The van der Waals surface area contributed by atoms with Crippen molar-refractivity contribution in [2.24, 2.45) is 5.92 Å². The van der Waals surface area contributed by atoms with Crippen molar-refractivity contribution in [1.82, 2.24) is 10.2 Å². The zero-order valence-electron chi connectivity index (χ0n) is 18.5. The highest BCUT2D eigenvalue weighted by Crippen LogP contribution is 2.39. The second-order valence-corrected chi connectivity index (χ2v) is 8.28. The fourth-order valence-corrected chi connectivity index (χ4v) is 4.78. The van der Waals surface area contributed by atoms with E-state index in [1.165, 1.54) is 7.11 Å². The quantitative estimate of drug-likeness (QED) is 0.485. The summed E-state index contributed by atoms with van der Waals surface area (Å²) in [6.07, 6.45) is 3.98. The predicted octanol–water partition coefficient (Wildman–Crippen LogP) is 3.08. The van der Waals surface area contributed by atoms with Crippen LogP contribution in [-0.4, -0.2) is 48.2 Å². The molecule has 1 N–H and O–H groups in total. The van der Waals surface area contributed by atoms with Crippen LogP contribution in [0.2, 0.25) is 0 Å². The number of hydrogen-bond donors (Lipinski definition) is 1. The smallest absolute Gasteiger partial charge is 0.313 e. The van der Waals surface area contributed by atoms with Crippen molar-refractivity contribution in [3.63, 3.8) is 0 Å². The van der Waals surface area contributed by atoms with Gasteiger partial charge in [-0.05, 0) is 17.5 Å². The summed E-state index contributed by atoms with van der Waals surface area (Å²) in [6, 6.07) is 19.2. The van der Waals surface area contributed by atoms with Gasteiger partial charge in [-0.1, -0.05) is 79.7 Å². The number of methoxy groups -OCH3 is 1. The predicted molar refractivity (Wildman–Crippen MR) is 121 cm³/mol. The Morgan fingerprint density at radius 3 is 2.25 bits per heavy atom. The Hall–Kier alpha value is -2.96. The van der Waals surface area contributed by atoms with Gasteiger partial charge in [-0.2, -0.15) is 0 Å². The van der Waals surface area contributed by atoms with Crippen LogP contribution in [0, 0.1) is 5.92 Å². The van der Waals surface area contributed by atoms with Crippen molar-refractivity contribution in [1.29, 1.82) is 0 Å². The van der Waals surface area contributed by atoms with E-state index >= 15 is 0 Å². The molecule has 6 heteroatoms. The summed E-state index contributed by atoms with van der Waals surface area (Å²) in [5, 5.41) is 3.09. The van der Waals surface area contributed by atoms with Crippen molar-refractivity contribution in [3.8, 4) is 0 Å². The van der Waals surface area contributed by atoms with Gasteiger partial charge in [0.15, 0.2) is 0 Å². The molecule has 0 aromatic heterocycles. The third kappa shape index (κ3) is 4.61. The van der Waals surface area contributed by atoms with Gasteiger partial charge in [0, 0.05) is 13.1 Å². The van der Waals surface area contributed by atoms with E-state index < -0.39 is 12.0 Å². The molecule has 4 rings (SSSR count). The van der Waals surface area contributed by atoms with Crippen LogP contribution in [0.25, 0.3) is 0 Å². The minimum Gasteiger partial charge on any atom is -0.469 e. The average molecular weight is 435 g/mol. The number of rotatable bonds is 9. The van der Waals surface area contributed by atoms with Crippen LogP contribution in [-0.2, 0) is 32.2 Å². The van der Waals surface area contributed by atoms with Crippen LogP contribution in [0.3, 0.4) is 0 Å². The van der Waals surface area contributed by atoms with Crippen LogP contribution in [0.15, 0.2) is 72.8 Å². The summed E-state index contributed by atoms with van der Waals surface area (Å²) in [4.78, 5) is 28.2. The fraction of sp³-hybridized carbons (Fsp3) is 0.385. The second kappa shape index (κ2) is 10.1. The number of esters is 1. The minimum atomic E-state index is -0.463. The summed E-state index contributed by atoms with van der Waals surface area (Å²) in [7, 11) is 1.40. The van der Waals surface area contributed by atoms with Gasteiger partial charge < -0.3 is 14.8 Å². The largest absolute Gasteiger partial charge is 0.469 e. The molecule has 0 radical (unpaired) electrons. The highest BCUT2D eigenvalue weighted by atomic mass is 16.5. The van der Waals surface area contributed by atoms with Crippen molar-refractivity contribution in [2.45, 2.75) is 50.7 Å². The molecule has 2 aliphatic heterocycles. The second-order valence-electron chi connectivity index (χ2n) is 8.28. The van der Waals surface area contributed by atoms with E-state index in [9.17, 15) is 9.59 Å². The summed E-state index contributed by atoms with van der Waals surface area (Å²) in [5.41, 5.74) is 2.13. The van der Waals surface area contributed by atoms with Crippen LogP contribution in [0.4, 0.5) is 0 Å². The third-order valence-electron chi connectivity index (χ3n) is 6.33. The maximum absolute atomic E-state index is 13.4. The van der Waals surface area contributed by atoms with Gasteiger partial charge in [0.05, 0.1) is 31.4 Å². The van der Waals surface area contributed by atoms with Gasteiger partial charge in [-0.3, -0.25) is 14.5 Å². The van der Waals surface area contributed by atoms with Crippen molar-refractivity contribution < 1.29 is 19.1 Å². The number of carbonyl (C=O) groups excluding carboxylic acids is 2. The molecule has 5 atom stereocenters. The molecule has 0 saturated carbocycles. The number of carbonyl (C=O) groups is 2. The van der Waals surface area contributed by atoms with E-state index in [2.05, 4.69) is 10.2 Å². The molecule has 32 heavy (non-hydrogen) atoms. The Kier molecular flexibility index (Phi) is 7.02. The standard InChI is InChI=1S/C26H30N2O4/c1-3-20(25(29)27-16-18-10-6-4-7-11-18)28(17-19-12-8-5-9-13-19)24-22-15-14-21(32-22)23(24)26(30)31-2/h4-15,20-24H,3,16-17H2,1-2H3,(H,27,29)/t20-,21+,22-,23-,24-/m0/s1. The fourth-order valence-electron chi connectivity index (χ4n) is 4.78. The first-order valence-corrected chi connectivity index (χ1v) is 11.1. The summed E-state index contributed by atoms with van der Waals surface area (Å²) < 4.78 is 11.2. The van der Waals surface area contributed by atoms with E-state index in [4.69, 9.17) is 9.47 Å². The zero-order valence-corrected chi connectivity index (χ0v) is 18.5. The Bertz CT molecular complexity index is 947. The first-order valence-electron chi connectivity index (χ1n) is 11.1. The van der Waals surface area contributed by atoms with Crippen LogP contribution >= 0.6 is 0 Å². The molecule has 1 saturated heterocycles. The number of hydrogen-bond acceptors (Lipinski definition) is 5. The van der Waals surface area contributed by atoms with Gasteiger partial charge in [0.2, 0.25) is 5.91 Å². The van der Waals surface area contributed by atoms with Crippen molar-refractivity contribution in [3.05, 3.63) is 83.9 Å². The van der Waals surface area contributed by atoms with Gasteiger partial charge in [0.25, 0.3) is 0 Å². The molecule has 2 aromatic carbocycles. The van der Waals surface area contributed by atoms with E-state index in [-0.39, 0.29) is 30.1 Å². The molecule has 2 aromatic rings. The molecular weight excluding hydrogens is 404 g/mol. The van der Waals surface area contributed by atoms with Gasteiger partial charge in [0.1, 0.15) is 5.92 Å². The normalized spacial score (nSPS) is 24.5. The molecule has 0 spiro atoms. The van der Waals surface area contributed by atoms with E-state index in [1.807, 2.05) is 79.7 Å². The summed E-state index contributed by atoms with van der Waals surface area (Å²) >= 11 is 0. The molecule has 2 aliphatic rings. The maximum Gasteiger partial charge on any atom is 0.313 e. The van der Waals surface area contributed by atoms with Gasteiger partial charge in [-0.15, -0.1) is 0 Å². The van der Waals surface area contributed by atoms with Gasteiger partial charge in [-0.25, -0.2) is 0 Å². The molecular formula is C26H30N2O4. The Labute approximate surface area is 189 Å². The number of ether oxygens (including phenoxy) is 2. The summed E-state index contributed by atoms with van der Waals surface area (Å²) in [6.45, 7) is 3.00. The molecule has 0 aliphatic carbocycles. The monoisotopic (exact) mass is 434 g/mol. The first kappa shape index (κ1) is 22.2. The number of nitrogens with zero attached hydrogens (tertiary/aromatic N) is 1. The molecule has 1 fully saturated rings. The number of fused-ring (bicyclic) bond motifs is 2.